The van der Waals surface area contributed by atoms with E-state index in [0.29, 0.717) is 30.7 Å². The second-order valence-electron chi connectivity index (χ2n) is 6.50. The predicted molar refractivity (Wildman–Crippen MR) is 81.4 cm³/mol. The number of nitrogens with two attached hydrogens (primary N) is 1. The number of aromatic amines is 1. The van der Waals surface area contributed by atoms with Gasteiger partial charge in [0.1, 0.15) is 10.7 Å². The van der Waals surface area contributed by atoms with Gasteiger partial charge in [-0.1, -0.05) is 0 Å². The molecule has 0 saturated heterocycles. The Bertz CT molecular complexity index is 748. The third-order valence-electron chi connectivity index (χ3n) is 5.14. The van der Waals surface area contributed by atoms with Crippen molar-refractivity contribution in [2.75, 3.05) is 0 Å². The van der Waals surface area contributed by atoms with Crippen molar-refractivity contribution in [2.45, 2.75) is 43.9 Å². The molecule has 122 valence electrons. The van der Waals surface area contributed by atoms with Gasteiger partial charge >= 0.3 is 0 Å². The molecule has 2 aliphatic carbocycles. The van der Waals surface area contributed by atoms with Crippen molar-refractivity contribution in [3.8, 4) is 10.7 Å². The maximum atomic E-state index is 13.5. The molecule has 2 aromatic rings. The number of hydrogen-bond donors (Lipinski definition) is 2. The zero-order chi connectivity index (χ0) is 16.2. The van der Waals surface area contributed by atoms with Crippen LogP contribution in [0.25, 0.3) is 10.7 Å². The van der Waals surface area contributed by atoms with Crippen molar-refractivity contribution in [2.24, 2.45) is 11.1 Å². The molecule has 0 bridgehead atoms. The van der Waals surface area contributed by atoms with Crippen LogP contribution in [0.5, 0.6) is 0 Å². The lowest BCUT2D eigenvalue weighted by Gasteiger charge is -2.28. The van der Waals surface area contributed by atoms with Gasteiger partial charge in [-0.05, 0) is 31.6 Å². The van der Waals surface area contributed by atoms with Crippen molar-refractivity contribution in [1.29, 1.82) is 0 Å². The molecule has 0 aromatic carbocycles. The van der Waals surface area contributed by atoms with Gasteiger partial charge in [0.15, 0.2) is 0 Å². The van der Waals surface area contributed by atoms with E-state index in [2.05, 4.69) is 15.0 Å². The lowest BCUT2D eigenvalue weighted by atomic mass is 9.78. The minimum Gasteiger partial charge on any atom is -0.364 e. The molecule has 23 heavy (non-hydrogen) atoms. The number of carbonyl (C=O) groups is 1. The van der Waals surface area contributed by atoms with Crippen LogP contribution in [0, 0.1) is 5.41 Å². The fraction of sp³-hybridized carbons (Fsp3) is 0.533. The van der Waals surface area contributed by atoms with Gasteiger partial charge in [-0.25, -0.2) is 18.7 Å². The molecule has 2 aliphatic rings. The highest BCUT2D eigenvalue weighted by molar-refractivity contribution is 7.15. The molecule has 2 saturated carbocycles. The normalized spacial score (nSPS) is 28.9. The van der Waals surface area contributed by atoms with E-state index in [0.717, 1.165) is 10.6 Å². The maximum absolute atomic E-state index is 13.5. The fourth-order valence-electron chi connectivity index (χ4n) is 3.63. The van der Waals surface area contributed by atoms with Crippen molar-refractivity contribution >= 4 is 17.2 Å². The highest BCUT2D eigenvalue weighted by Gasteiger charge is 2.70. The molecular weight excluding hydrogens is 322 g/mol. The minimum absolute atomic E-state index is 0.0114. The summed E-state index contributed by atoms with van der Waals surface area (Å²) in [6, 6.07) is 0. The number of nitrogens with zero attached hydrogens (tertiary/aromatic N) is 2. The Morgan fingerprint density at radius 3 is 2.61 bits per heavy atom. The second kappa shape index (κ2) is 4.83. The summed E-state index contributed by atoms with van der Waals surface area (Å²) >= 11 is 1.40. The minimum atomic E-state index is -2.50. The lowest BCUT2D eigenvalue weighted by molar-refractivity contribution is 0.0456. The highest BCUT2D eigenvalue weighted by Crippen LogP contribution is 2.68. The predicted octanol–water partition coefficient (Wildman–Crippen LogP) is 3.32. The fourth-order valence-corrected chi connectivity index (χ4v) is 4.84. The first-order valence-corrected chi connectivity index (χ1v) is 8.41. The molecule has 5 nitrogen and oxygen atoms in total. The van der Waals surface area contributed by atoms with Gasteiger partial charge in [0.05, 0.1) is 18.2 Å². The summed E-state index contributed by atoms with van der Waals surface area (Å²) in [5.74, 6) is -2.99. The van der Waals surface area contributed by atoms with Crippen molar-refractivity contribution in [3.63, 3.8) is 0 Å². The number of hydrogen-bond acceptors (Lipinski definition) is 4. The molecule has 8 heteroatoms. The van der Waals surface area contributed by atoms with E-state index in [-0.39, 0.29) is 18.0 Å². The maximum Gasteiger partial charge on any atom is 0.268 e. The number of carbonyl (C=O) groups excluding carboxylic acids is 1. The van der Waals surface area contributed by atoms with Crippen molar-refractivity contribution in [3.05, 3.63) is 23.1 Å². The zero-order valence-corrected chi connectivity index (χ0v) is 13.1. The molecule has 2 fully saturated rings. The summed E-state index contributed by atoms with van der Waals surface area (Å²) in [6.45, 7) is 0. The van der Waals surface area contributed by atoms with Gasteiger partial charge in [-0.15, -0.1) is 11.3 Å². The largest absolute Gasteiger partial charge is 0.364 e. The summed E-state index contributed by atoms with van der Waals surface area (Å²) in [6.07, 6.45) is 5.49. The van der Waals surface area contributed by atoms with Gasteiger partial charge < -0.3 is 10.7 Å². The van der Waals surface area contributed by atoms with Crippen LogP contribution in [0.3, 0.4) is 0 Å². The van der Waals surface area contributed by atoms with E-state index < -0.39 is 17.2 Å². The van der Waals surface area contributed by atoms with E-state index in [1.165, 1.54) is 11.3 Å². The quantitative estimate of drug-likeness (QED) is 0.900. The van der Waals surface area contributed by atoms with Crippen LogP contribution in [0.15, 0.2) is 12.5 Å². The summed E-state index contributed by atoms with van der Waals surface area (Å²) in [7, 11) is 0. The zero-order valence-electron chi connectivity index (χ0n) is 12.3. The Hall–Kier alpha value is -1.83. The average Bonchev–Trinajstić information content (AvgIpc) is 3.00. The van der Waals surface area contributed by atoms with Gasteiger partial charge in [0, 0.05) is 16.7 Å². The molecule has 0 radical (unpaired) electrons. The first-order valence-electron chi connectivity index (χ1n) is 7.59. The number of halogens is 2. The van der Waals surface area contributed by atoms with E-state index in [1.54, 1.807) is 12.5 Å². The third kappa shape index (κ3) is 2.27. The molecule has 2 aromatic heterocycles. The van der Waals surface area contributed by atoms with Crippen LogP contribution in [-0.4, -0.2) is 26.8 Å². The Morgan fingerprint density at radius 2 is 2.09 bits per heavy atom. The summed E-state index contributed by atoms with van der Waals surface area (Å²) in [5.41, 5.74) is 5.67. The molecule has 3 N–H and O–H groups in total. The Labute approximate surface area is 135 Å². The number of aromatic nitrogens is 3. The van der Waals surface area contributed by atoms with Gasteiger partial charge in [0.25, 0.3) is 11.8 Å². The summed E-state index contributed by atoms with van der Waals surface area (Å²) in [4.78, 5) is 23.8. The van der Waals surface area contributed by atoms with Crippen LogP contribution >= 0.6 is 11.3 Å². The highest BCUT2D eigenvalue weighted by atomic mass is 32.1. The topological polar surface area (TPSA) is 84.7 Å². The number of nitrogens with one attached hydrogen (secondary N) is 1. The van der Waals surface area contributed by atoms with Gasteiger partial charge in [0.2, 0.25) is 0 Å². The summed E-state index contributed by atoms with van der Waals surface area (Å²) < 4.78 is 27.0. The van der Waals surface area contributed by atoms with E-state index in [1.807, 2.05) is 0 Å². The molecule has 0 unspecified atom stereocenters. The van der Waals surface area contributed by atoms with Crippen LogP contribution in [0.4, 0.5) is 8.78 Å². The smallest absolute Gasteiger partial charge is 0.268 e. The number of thiazole rings is 1. The van der Waals surface area contributed by atoms with Crippen molar-refractivity contribution < 1.29 is 13.6 Å². The first-order chi connectivity index (χ1) is 10.9. The molecule has 2 heterocycles. The number of imidazole rings is 1. The standard InChI is InChI=1S/C15H16F2N4OS/c16-15(17)6-14(15)3-1-8(2-4-14)11-10(12(18)22)21-13(23-11)9-5-19-7-20-9/h5,7-8H,1-4,6H2,(H2,18,22)(H,19,20). The Morgan fingerprint density at radius 1 is 1.39 bits per heavy atom. The van der Waals surface area contributed by atoms with E-state index in [9.17, 15) is 13.6 Å². The van der Waals surface area contributed by atoms with Gasteiger partial charge in [-0.3, -0.25) is 4.79 Å². The van der Waals surface area contributed by atoms with Crippen molar-refractivity contribution in [1.82, 2.24) is 15.0 Å². The monoisotopic (exact) mass is 338 g/mol. The molecule has 1 amide bonds. The van der Waals surface area contributed by atoms with Crippen LogP contribution in [0.1, 0.15) is 53.4 Å². The number of primary amides is 1. The van der Waals surface area contributed by atoms with Crippen LogP contribution in [0.2, 0.25) is 0 Å². The molecule has 0 atom stereocenters. The van der Waals surface area contributed by atoms with Gasteiger partial charge in [-0.2, -0.15) is 0 Å². The first kappa shape index (κ1) is 14.7. The van der Waals surface area contributed by atoms with E-state index >= 15 is 0 Å². The molecule has 1 spiro atoms. The number of alkyl halides is 2. The number of rotatable bonds is 3. The average molecular weight is 338 g/mol. The van der Waals surface area contributed by atoms with Crippen LogP contribution in [-0.2, 0) is 0 Å². The molecular formula is C15H16F2N4OS. The number of H-pyrrole nitrogens is 1. The van der Waals surface area contributed by atoms with Crippen LogP contribution < -0.4 is 5.73 Å². The third-order valence-corrected chi connectivity index (χ3v) is 6.39. The molecule has 4 rings (SSSR count). The molecule has 0 aliphatic heterocycles. The lowest BCUT2D eigenvalue weighted by Crippen LogP contribution is -2.21. The summed E-state index contributed by atoms with van der Waals surface area (Å²) in [5, 5.41) is 0.656. The number of amides is 1. The van der Waals surface area contributed by atoms with E-state index in [4.69, 9.17) is 5.73 Å². The SMILES string of the molecule is NC(=O)c1nc(-c2cnc[nH]2)sc1C1CCC2(CC1)CC2(F)F. The Kier molecular flexibility index (Phi) is 3.10. The Balaban J connectivity index is 1.60. The second-order valence-corrected chi connectivity index (χ2v) is 7.53.